The number of benzene rings is 1. The summed E-state index contributed by atoms with van der Waals surface area (Å²) in [5.41, 5.74) is 0.660. The number of aliphatic hydroxyl groups excluding tert-OH is 1. The van der Waals surface area contributed by atoms with Crippen molar-refractivity contribution in [1.29, 1.82) is 0 Å². The summed E-state index contributed by atoms with van der Waals surface area (Å²) in [5, 5.41) is 12.3. The van der Waals surface area contributed by atoms with E-state index in [4.69, 9.17) is 14.3 Å². The van der Waals surface area contributed by atoms with Crippen LogP contribution in [-0.4, -0.2) is 52.5 Å². The molecular weight excluding hydrogens is 436 g/mol. The number of alkyl halides is 2. The van der Waals surface area contributed by atoms with E-state index in [1.807, 2.05) is 0 Å². The van der Waals surface area contributed by atoms with E-state index in [0.717, 1.165) is 0 Å². The number of β-amino-alcohol motifs (C(OH)–C–C–N with tert-alkyl or cyclic N) is 1. The molecule has 0 bridgehead atoms. The number of rotatable bonds is 8. The fourth-order valence-electron chi connectivity index (χ4n) is 3.95. The number of carbonyl (C=O) groups is 2. The van der Waals surface area contributed by atoms with Gasteiger partial charge in [-0.25, -0.2) is 8.78 Å². The molecule has 174 valence electrons. The largest absolute Gasteiger partial charge is 0.489 e. The third-order valence-electron chi connectivity index (χ3n) is 5.56. The van der Waals surface area contributed by atoms with Crippen LogP contribution in [0.5, 0.6) is 5.75 Å². The number of aryl methyl sites for hydroxylation is 1. The maximum Gasteiger partial charge on any atom is 0.280 e. The number of ether oxygens (including phenoxy) is 1. The van der Waals surface area contributed by atoms with Gasteiger partial charge in [-0.2, -0.15) is 0 Å². The van der Waals surface area contributed by atoms with Crippen molar-refractivity contribution in [3.63, 3.8) is 0 Å². The average molecular weight is 459 g/mol. The van der Waals surface area contributed by atoms with Gasteiger partial charge in [-0.1, -0.05) is 6.07 Å². The number of carbonyl (C=O) groups excluding carboxylic acids is 2. The standard InChI is InChI=1S/C23H23F2N3O5/c1-13-19(22(30)27-17-6-8-28(9-10-29)23(17)31)16-11-15(4-5-18(16)33-13)32-12-14-3-2-7-26-20(14)21(24)25/h2-5,7,11,17,21,29H,6,8-10,12H2,1H3,(H,27,30). The van der Waals surface area contributed by atoms with Crippen LogP contribution in [0.4, 0.5) is 8.78 Å². The summed E-state index contributed by atoms with van der Waals surface area (Å²) in [6.07, 6.45) is -0.967. The number of furan rings is 1. The molecule has 3 aromatic rings. The van der Waals surface area contributed by atoms with Crippen molar-refractivity contribution in [2.45, 2.75) is 32.4 Å². The molecule has 1 unspecified atom stereocenters. The zero-order valence-corrected chi connectivity index (χ0v) is 17.9. The lowest BCUT2D eigenvalue weighted by atomic mass is 10.1. The molecule has 1 saturated heterocycles. The number of fused-ring (bicyclic) bond motifs is 1. The zero-order chi connectivity index (χ0) is 23.5. The van der Waals surface area contributed by atoms with E-state index < -0.39 is 18.4 Å². The SMILES string of the molecule is Cc1oc2ccc(OCc3cccnc3C(F)F)cc2c1C(=O)NC1CCN(CCO)C1=O. The van der Waals surface area contributed by atoms with Crippen LogP contribution < -0.4 is 10.1 Å². The number of likely N-dealkylation sites (tertiary alicyclic amines) is 1. The Morgan fingerprint density at radius 3 is 2.97 bits per heavy atom. The number of aromatic nitrogens is 1. The normalized spacial score (nSPS) is 16.1. The number of aliphatic hydroxyl groups is 1. The number of halogens is 2. The van der Waals surface area contributed by atoms with Crippen molar-refractivity contribution in [1.82, 2.24) is 15.2 Å². The van der Waals surface area contributed by atoms with Gasteiger partial charge in [0.2, 0.25) is 5.91 Å². The molecule has 2 aromatic heterocycles. The molecule has 1 aromatic carbocycles. The van der Waals surface area contributed by atoms with E-state index in [1.54, 1.807) is 31.2 Å². The lowest BCUT2D eigenvalue weighted by Crippen LogP contribution is -2.42. The number of nitrogens with zero attached hydrogens (tertiary/aromatic N) is 2. The maximum atomic E-state index is 13.2. The molecule has 3 heterocycles. The fraction of sp³-hybridized carbons (Fsp3) is 0.348. The highest BCUT2D eigenvalue weighted by Crippen LogP contribution is 2.30. The van der Waals surface area contributed by atoms with Gasteiger partial charge in [-0.15, -0.1) is 0 Å². The second-order valence-electron chi connectivity index (χ2n) is 7.69. The van der Waals surface area contributed by atoms with Crippen molar-refractivity contribution in [2.24, 2.45) is 0 Å². The van der Waals surface area contributed by atoms with Crippen LogP contribution in [0.25, 0.3) is 11.0 Å². The first-order valence-corrected chi connectivity index (χ1v) is 10.5. The molecule has 0 spiro atoms. The molecule has 1 aliphatic heterocycles. The van der Waals surface area contributed by atoms with Gasteiger partial charge in [0.25, 0.3) is 12.3 Å². The second kappa shape index (κ2) is 9.53. The molecule has 33 heavy (non-hydrogen) atoms. The lowest BCUT2D eigenvalue weighted by Gasteiger charge is -2.15. The second-order valence-corrected chi connectivity index (χ2v) is 7.69. The van der Waals surface area contributed by atoms with Crippen molar-refractivity contribution >= 4 is 22.8 Å². The van der Waals surface area contributed by atoms with Gasteiger partial charge in [0.1, 0.15) is 35.4 Å². The van der Waals surface area contributed by atoms with E-state index in [0.29, 0.717) is 35.4 Å². The van der Waals surface area contributed by atoms with Crippen LogP contribution in [0, 0.1) is 6.92 Å². The molecule has 1 atom stereocenters. The molecule has 0 aliphatic carbocycles. The van der Waals surface area contributed by atoms with Gasteiger partial charge < -0.3 is 24.5 Å². The molecular formula is C23H23F2N3O5. The summed E-state index contributed by atoms with van der Waals surface area (Å²) in [6.45, 7) is 2.08. The van der Waals surface area contributed by atoms with Gasteiger partial charge in [-0.3, -0.25) is 14.6 Å². The monoisotopic (exact) mass is 459 g/mol. The van der Waals surface area contributed by atoms with Gasteiger partial charge >= 0.3 is 0 Å². The minimum Gasteiger partial charge on any atom is -0.489 e. The predicted octanol–water partition coefficient (Wildman–Crippen LogP) is 2.98. The van der Waals surface area contributed by atoms with Crippen LogP contribution in [-0.2, 0) is 11.4 Å². The van der Waals surface area contributed by atoms with Crippen LogP contribution >= 0.6 is 0 Å². The van der Waals surface area contributed by atoms with Crippen LogP contribution in [0.15, 0.2) is 40.9 Å². The quantitative estimate of drug-likeness (QED) is 0.537. The van der Waals surface area contributed by atoms with Crippen molar-refractivity contribution < 1.29 is 32.6 Å². The molecule has 8 nitrogen and oxygen atoms in total. The summed E-state index contributed by atoms with van der Waals surface area (Å²) in [7, 11) is 0. The number of nitrogens with one attached hydrogen (secondary N) is 1. The Hall–Kier alpha value is -3.53. The Labute approximate surface area is 188 Å². The third kappa shape index (κ3) is 4.65. The molecule has 0 saturated carbocycles. The van der Waals surface area contributed by atoms with Gasteiger partial charge in [0.15, 0.2) is 0 Å². The molecule has 4 rings (SSSR count). The highest BCUT2D eigenvalue weighted by atomic mass is 19.3. The van der Waals surface area contributed by atoms with Crippen molar-refractivity contribution in [2.75, 3.05) is 19.7 Å². The summed E-state index contributed by atoms with van der Waals surface area (Å²) in [5.74, 6) is 0.0510. The predicted molar refractivity (Wildman–Crippen MR) is 114 cm³/mol. The highest BCUT2D eigenvalue weighted by molar-refractivity contribution is 6.08. The molecule has 1 fully saturated rings. The van der Waals surface area contributed by atoms with Crippen LogP contribution in [0.1, 0.15) is 40.2 Å². The number of pyridine rings is 1. The van der Waals surface area contributed by atoms with Gasteiger partial charge in [0, 0.05) is 30.2 Å². The molecule has 0 radical (unpaired) electrons. The van der Waals surface area contributed by atoms with Gasteiger partial charge in [-0.05, 0) is 37.6 Å². The Kier molecular flexibility index (Phi) is 6.55. The average Bonchev–Trinajstić information content (AvgIpc) is 3.31. The summed E-state index contributed by atoms with van der Waals surface area (Å²) in [4.78, 5) is 30.6. The first-order valence-electron chi connectivity index (χ1n) is 10.5. The molecule has 2 N–H and O–H groups in total. The Bertz CT molecular complexity index is 1180. The van der Waals surface area contributed by atoms with E-state index in [9.17, 15) is 18.4 Å². The molecule has 10 heteroatoms. The lowest BCUT2D eigenvalue weighted by molar-refractivity contribution is -0.129. The molecule has 1 aliphatic rings. The molecule has 2 amide bonds. The summed E-state index contributed by atoms with van der Waals surface area (Å²) >= 11 is 0. The fourth-order valence-corrected chi connectivity index (χ4v) is 3.95. The van der Waals surface area contributed by atoms with E-state index in [-0.39, 0.29) is 42.5 Å². The Morgan fingerprint density at radius 2 is 2.21 bits per heavy atom. The van der Waals surface area contributed by atoms with Crippen LogP contribution in [0.2, 0.25) is 0 Å². The number of hydrogen-bond acceptors (Lipinski definition) is 6. The van der Waals surface area contributed by atoms with E-state index in [1.165, 1.54) is 17.2 Å². The Morgan fingerprint density at radius 1 is 1.39 bits per heavy atom. The highest BCUT2D eigenvalue weighted by Gasteiger charge is 2.33. The van der Waals surface area contributed by atoms with Crippen molar-refractivity contribution in [3.05, 3.63) is 59.1 Å². The maximum absolute atomic E-state index is 13.2. The minimum atomic E-state index is -2.72. The van der Waals surface area contributed by atoms with Crippen LogP contribution in [0.3, 0.4) is 0 Å². The summed E-state index contributed by atoms with van der Waals surface area (Å²) < 4.78 is 37.7. The first kappa shape index (κ1) is 22.7. The first-order chi connectivity index (χ1) is 15.9. The van der Waals surface area contributed by atoms with E-state index in [2.05, 4.69) is 10.3 Å². The zero-order valence-electron chi connectivity index (χ0n) is 17.9. The summed E-state index contributed by atoms with van der Waals surface area (Å²) in [6, 6.07) is 7.27. The third-order valence-corrected chi connectivity index (χ3v) is 5.56. The number of amides is 2. The number of hydrogen-bond donors (Lipinski definition) is 2. The smallest absolute Gasteiger partial charge is 0.280 e. The minimum absolute atomic E-state index is 0.116. The Balaban J connectivity index is 1.53. The van der Waals surface area contributed by atoms with E-state index >= 15 is 0 Å². The van der Waals surface area contributed by atoms with Crippen molar-refractivity contribution in [3.8, 4) is 5.75 Å². The topological polar surface area (TPSA) is 105 Å². The van der Waals surface area contributed by atoms with Gasteiger partial charge in [0.05, 0.1) is 12.2 Å².